The number of para-hydroxylation sites is 1. The minimum Gasteiger partial charge on any atom is -0.437 e. The number of pyridine rings is 1. The maximum Gasteiger partial charge on any atom is 0.459 e. The van der Waals surface area contributed by atoms with Crippen molar-refractivity contribution in [3.63, 3.8) is 0 Å². The van der Waals surface area contributed by atoms with E-state index in [4.69, 9.17) is 13.5 Å². The van der Waals surface area contributed by atoms with Crippen molar-refractivity contribution >= 4 is 35.0 Å². The van der Waals surface area contributed by atoms with Gasteiger partial charge in [0.1, 0.15) is 11.3 Å². The molecule has 30 heavy (non-hydrogen) atoms. The van der Waals surface area contributed by atoms with Crippen molar-refractivity contribution in [1.82, 2.24) is 4.98 Å². The van der Waals surface area contributed by atoms with Gasteiger partial charge in [0.2, 0.25) is 11.1 Å². The Bertz CT molecular complexity index is 1200. The minimum absolute atomic E-state index is 0.0377. The molecular formula is C18H15F5NO5P. The Balaban J connectivity index is 2.49. The van der Waals surface area contributed by atoms with E-state index in [0.29, 0.717) is 6.07 Å². The van der Waals surface area contributed by atoms with Crippen molar-refractivity contribution in [2.24, 2.45) is 0 Å². The molecule has 0 aliphatic carbocycles. The first-order valence-electron chi connectivity index (χ1n) is 8.67. The molecule has 6 nitrogen and oxygen atoms in total. The smallest absolute Gasteiger partial charge is 0.437 e. The molecule has 2 aromatic heterocycles. The van der Waals surface area contributed by atoms with Gasteiger partial charge >= 0.3 is 19.7 Å². The van der Waals surface area contributed by atoms with Crippen LogP contribution >= 0.6 is 7.60 Å². The number of hydrogen-bond acceptors (Lipinski definition) is 6. The predicted molar refractivity (Wildman–Crippen MR) is 98.2 cm³/mol. The molecule has 3 aromatic rings. The van der Waals surface area contributed by atoms with Gasteiger partial charge in [-0.3, -0.25) is 9.36 Å². The maximum atomic E-state index is 14.3. The van der Waals surface area contributed by atoms with Gasteiger partial charge in [0.15, 0.2) is 0 Å². The van der Waals surface area contributed by atoms with Crippen LogP contribution in [0.2, 0.25) is 0 Å². The standard InChI is InChI=1S/C18H15F5NO5P/c1-3-27-30(26,28-4-2)13-9-11-14(25)10-7-5-6-8-12(10)29-16(11)24-15(13)17(19,20)18(21,22)23/h5-9H,3-4H2,1-2H3. The monoisotopic (exact) mass is 451 g/mol. The normalized spacial score (nSPS) is 13.3. The second-order valence-electron chi connectivity index (χ2n) is 6.04. The minimum atomic E-state index is -6.07. The molecule has 0 radical (unpaired) electrons. The van der Waals surface area contributed by atoms with Gasteiger partial charge in [-0.25, -0.2) is 4.98 Å². The van der Waals surface area contributed by atoms with Gasteiger partial charge in [0.25, 0.3) is 0 Å². The van der Waals surface area contributed by atoms with E-state index in [2.05, 4.69) is 4.98 Å². The lowest BCUT2D eigenvalue weighted by molar-refractivity contribution is -0.290. The predicted octanol–water partition coefficient (Wildman–Crippen LogP) is 4.89. The fourth-order valence-electron chi connectivity index (χ4n) is 2.81. The molecule has 0 atom stereocenters. The zero-order valence-electron chi connectivity index (χ0n) is 15.6. The first kappa shape index (κ1) is 22.3. The fourth-order valence-corrected chi connectivity index (χ4v) is 4.58. The quantitative estimate of drug-likeness (QED) is 0.302. The summed E-state index contributed by atoms with van der Waals surface area (Å²) < 4.78 is 96.4. The summed E-state index contributed by atoms with van der Waals surface area (Å²) in [6, 6.07) is 6.31. The third-order valence-corrected chi connectivity index (χ3v) is 6.22. The van der Waals surface area contributed by atoms with Crippen LogP contribution in [0.5, 0.6) is 0 Å². The number of aromatic nitrogens is 1. The van der Waals surface area contributed by atoms with E-state index in [1.54, 1.807) is 0 Å². The van der Waals surface area contributed by atoms with Crippen LogP contribution in [0.1, 0.15) is 19.5 Å². The molecule has 1 aromatic carbocycles. The summed E-state index contributed by atoms with van der Waals surface area (Å²) in [6.07, 6.45) is -6.07. The van der Waals surface area contributed by atoms with Crippen LogP contribution in [-0.4, -0.2) is 24.4 Å². The van der Waals surface area contributed by atoms with E-state index in [9.17, 15) is 31.3 Å². The Kier molecular flexibility index (Phi) is 5.74. The molecule has 0 amide bonds. The van der Waals surface area contributed by atoms with Gasteiger partial charge in [0.05, 0.1) is 29.3 Å². The van der Waals surface area contributed by atoms with Gasteiger partial charge < -0.3 is 13.5 Å². The number of alkyl halides is 5. The SMILES string of the molecule is CCOP(=O)(OCC)c1cc2c(=O)c3ccccc3oc2nc1C(F)(F)C(F)(F)F. The van der Waals surface area contributed by atoms with Crippen LogP contribution in [-0.2, 0) is 19.5 Å². The lowest BCUT2D eigenvalue weighted by atomic mass is 10.1. The highest BCUT2D eigenvalue weighted by Crippen LogP contribution is 2.52. The van der Waals surface area contributed by atoms with E-state index in [-0.39, 0.29) is 24.2 Å². The van der Waals surface area contributed by atoms with Crippen LogP contribution in [0.15, 0.2) is 39.5 Å². The largest absolute Gasteiger partial charge is 0.459 e. The first-order valence-corrected chi connectivity index (χ1v) is 10.2. The molecule has 0 bridgehead atoms. The molecule has 0 N–H and O–H groups in total. The maximum absolute atomic E-state index is 14.3. The summed E-state index contributed by atoms with van der Waals surface area (Å²) in [5.41, 5.74) is -3.48. The van der Waals surface area contributed by atoms with E-state index < -0.39 is 47.2 Å². The van der Waals surface area contributed by atoms with Crippen molar-refractivity contribution in [3.8, 4) is 0 Å². The molecule has 0 aliphatic heterocycles. The van der Waals surface area contributed by atoms with Crippen molar-refractivity contribution in [3.05, 3.63) is 46.2 Å². The summed E-state index contributed by atoms with van der Waals surface area (Å²) in [4.78, 5) is 16.0. The van der Waals surface area contributed by atoms with Crippen LogP contribution in [0, 0.1) is 0 Å². The summed E-state index contributed by atoms with van der Waals surface area (Å²) in [7, 11) is -4.68. The van der Waals surface area contributed by atoms with Gasteiger partial charge in [-0.05, 0) is 32.0 Å². The summed E-state index contributed by atoms with van der Waals surface area (Å²) in [5.74, 6) is -5.52. The molecule has 12 heteroatoms. The molecule has 162 valence electrons. The average Bonchev–Trinajstić information content (AvgIpc) is 2.67. The zero-order chi connectivity index (χ0) is 22.3. The molecule has 0 saturated heterocycles. The van der Waals surface area contributed by atoms with Crippen LogP contribution < -0.4 is 10.7 Å². The number of rotatable bonds is 6. The Morgan fingerprint density at radius 1 is 1.03 bits per heavy atom. The molecule has 3 rings (SSSR count). The van der Waals surface area contributed by atoms with Crippen molar-refractivity contribution in [1.29, 1.82) is 0 Å². The third kappa shape index (κ3) is 3.61. The van der Waals surface area contributed by atoms with Gasteiger partial charge in [0, 0.05) is 0 Å². The van der Waals surface area contributed by atoms with Gasteiger partial charge in [-0.1, -0.05) is 12.1 Å². The molecule has 0 unspecified atom stereocenters. The van der Waals surface area contributed by atoms with Crippen molar-refractivity contribution in [2.75, 3.05) is 13.2 Å². The van der Waals surface area contributed by atoms with E-state index in [0.717, 1.165) is 0 Å². The van der Waals surface area contributed by atoms with Crippen LogP contribution in [0.4, 0.5) is 22.0 Å². The summed E-state index contributed by atoms with van der Waals surface area (Å²) >= 11 is 0. The Morgan fingerprint density at radius 2 is 1.63 bits per heavy atom. The number of halogens is 5. The lowest BCUT2D eigenvalue weighted by Gasteiger charge is -2.25. The molecule has 0 saturated carbocycles. The fraction of sp³-hybridized carbons (Fsp3) is 0.333. The molecule has 2 heterocycles. The number of benzene rings is 1. The third-order valence-electron chi connectivity index (χ3n) is 4.10. The molecular weight excluding hydrogens is 436 g/mol. The second kappa shape index (κ2) is 7.72. The number of fused-ring (bicyclic) bond motifs is 2. The highest BCUT2D eigenvalue weighted by molar-refractivity contribution is 7.62. The second-order valence-corrected chi connectivity index (χ2v) is 8.03. The Hall–Kier alpha value is -2.36. The highest BCUT2D eigenvalue weighted by Gasteiger charge is 2.62. The first-order chi connectivity index (χ1) is 14.0. The number of hydrogen-bond donors (Lipinski definition) is 0. The zero-order valence-corrected chi connectivity index (χ0v) is 16.5. The van der Waals surface area contributed by atoms with Gasteiger partial charge in [-0.15, -0.1) is 0 Å². The summed E-state index contributed by atoms with van der Waals surface area (Å²) in [6.45, 7) is 2.06. The lowest BCUT2D eigenvalue weighted by Crippen LogP contribution is -2.39. The summed E-state index contributed by atoms with van der Waals surface area (Å²) in [5, 5.41) is -1.55. The van der Waals surface area contributed by atoms with E-state index in [1.165, 1.54) is 38.1 Å². The van der Waals surface area contributed by atoms with Crippen LogP contribution in [0.3, 0.4) is 0 Å². The number of nitrogens with zero attached hydrogens (tertiary/aromatic N) is 1. The molecule has 0 fully saturated rings. The van der Waals surface area contributed by atoms with Crippen molar-refractivity contribution in [2.45, 2.75) is 25.9 Å². The van der Waals surface area contributed by atoms with Gasteiger partial charge in [-0.2, -0.15) is 22.0 Å². The molecule has 0 spiro atoms. The van der Waals surface area contributed by atoms with Crippen LogP contribution in [0.25, 0.3) is 22.1 Å². The Morgan fingerprint density at radius 3 is 2.20 bits per heavy atom. The topological polar surface area (TPSA) is 78.6 Å². The van der Waals surface area contributed by atoms with E-state index >= 15 is 0 Å². The highest BCUT2D eigenvalue weighted by atomic mass is 31.2. The average molecular weight is 451 g/mol. The van der Waals surface area contributed by atoms with E-state index in [1.807, 2.05) is 0 Å². The Labute approximate surface area is 166 Å². The molecule has 0 aliphatic rings. The van der Waals surface area contributed by atoms with Crippen molar-refractivity contribution < 1.29 is 40.0 Å².